The minimum absolute atomic E-state index is 0.0106. The zero-order valence-corrected chi connectivity index (χ0v) is 11.7. The van der Waals surface area contributed by atoms with E-state index in [4.69, 9.17) is 4.74 Å². The van der Waals surface area contributed by atoms with E-state index in [1.807, 2.05) is 43.0 Å². The molecule has 3 aromatic rings. The minimum atomic E-state index is 0.0106. The fraction of sp³-hybridized carbons (Fsp3) is 0.250. The Morgan fingerprint density at radius 2 is 2.05 bits per heavy atom. The molecule has 100 valence electrons. The molecule has 1 aliphatic heterocycles. The standard InChI is InChI=1S/C16H15N3O/c1-9-14-15-11-6-4-5-7-13(11)20-10(2)12(15)8-17-16(14)19(3)18-9/h4-8,10H,1-3H3. The first-order valence-corrected chi connectivity index (χ1v) is 6.75. The van der Waals surface area contributed by atoms with Crippen molar-refractivity contribution in [2.45, 2.75) is 20.0 Å². The van der Waals surface area contributed by atoms with Crippen LogP contribution < -0.4 is 4.74 Å². The number of fused-ring (bicyclic) bond motifs is 5. The van der Waals surface area contributed by atoms with Crippen molar-refractivity contribution in [2.75, 3.05) is 0 Å². The fourth-order valence-electron chi connectivity index (χ4n) is 3.05. The van der Waals surface area contributed by atoms with Gasteiger partial charge in [0.05, 0.1) is 11.1 Å². The minimum Gasteiger partial charge on any atom is -0.485 e. The zero-order valence-electron chi connectivity index (χ0n) is 11.7. The Bertz CT molecular complexity index is 835. The van der Waals surface area contributed by atoms with Gasteiger partial charge in [0.1, 0.15) is 11.9 Å². The Balaban J connectivity index is 2.19. The molecular weight excluding hydrogens is 250 g/mol. The van der Waals surface area contributed by atoms with Gasteiger partial charge in [0.2, 0.25) is 0 Å². The lowest BCUT2D eigenvalue weighted by Gasteiger charge is -2.26. The van der Waals surface area contributed by atoms with Crippen molar-refractivity contribution < 1.29 is 4.74 Å². The van der Waals surface area contributed by atoms with E-state index in [9.17, 15) is 0 Å². The number of para-hydroxylation sites is 1. The van der Waals surface area contributed by atoms with E-state index >= 15 is 0 Å². The number of pyridine rings is 1. The molecule has 4 rings (SSSR count). The second-order valence-electron chi connectivity index (χ2n) is 5.25. The first-order valence-electron chi connectivity index (χ1n) is 6.75. The highest BCUT2D eigenvalue weighted by atomic mass is 16.5. The summed E-state index contributed by atoms with van der Waals surface area (Å²) in [7, 11) is 1.93. The third-order valence-corrected chi connectivity index (χ3v) is 3.95. The van der Waals surface area contributed by atoms with Crippen molar-refractivity contribution in [3.63, 3.8) is 0 Å². The van der Waals surface area contributed by atoms with E-state index in [1.54, 1.807) is 0 Å². The molecule has 0 radical (unpaired) electrons. The van der Waals surface area contributed by atoms with Gasteiger partial charge in [0.25, 0.3) is 0 Å². The normalized spacial score (nSPS) is 16.6. The lowest BCUT2D eigenvalue weighted by Crippen LogP contribution is -2.11. The van der Waals surface area contributed by atoms with Gasteiger partial charge >= 0.3 is 0 Å². The van der Waals surface area contributed by atoms with Gasteiger partial charge in [-0.3, -0.25) is 4.68 Å². The molecule has 0 bridgehead atoms. The molecule has 0 amide bonds. The van der Waals surface area contributed by atoms with Crippen LogP contribution in [0.3, 0.4) is 0 Å². The van der Waals surface area contributed by atoms with Crippen LogP contribution in [0, 0.1) is 6.92 Å². The number of nitrogens with zero attached hydrogens (tertiary/aromatic N) is 3. The van der Waals surface area contributed by atoms with Crippen molar-refractivity contribution >= 4 is 11.0 Å². The molecule has 0 fully saturated rings. The van der Waals surface area contributed by atoms with Gasteiger partial charge in [-0.15, -0.1) is 0 Å². The second kappa shape index (κ2) is 3.82. The molecule has 1 unspecified atom stereocenters. The van der Waals surface area contributed by atoms with E-state index in [0.717, 1.165) is 33.6 Å². The Labute approximate surface area is 117 Å². The van der Waals surface area contributed by atoms with E-state index < -0.39 is 0 Å². The third kappa shape index (κ3) is 1.36. The lowest BCUT2D eigenvalue weighted by atomic mass is 9.92. The molecule has 3 heterocycles. The highest BCUT2D eigenvalue weighted by molar-refractivity contribution is 5.98. The Morgan fingerprint density at radius 1 is 1.25 bits per heavy atom. The SMILES string of the molecule is Cc1nn(C)c2ncc3c(c12)-c1ccccc1OC3C. The largest absolute Gasteiger partial charge is 0.485 e. The number of benzene rings is 1. The predicted octanol–water partition coefficient (Wildman–Crippen LogP) is 3.40. The van der Waals surface area contributed by atoms with Crippen molar-refractivity contribution in [2.24, 2.45) is 7.05 Å². The van der Waals surface area contributed by atoms with Gasteiger partial charge in [0.15, 0.2) is 5.65 Å². The molecule has 0 saturated heterocycles. The monoisotopic (exact) mass is 265 g/mol. The maximum Gasteiger partial charge on any atom is 0.158 e. The van der Waals surface area contributed by atoms with Gasteiger partial charge in [-0.05, 0) is 19.9 Å². The molecule has 4 heteroatoms. The summed E-state index contributed by atoms with van der Waals surface area (Å²) in [6.45, 7) is 4.10. The van der Waals surface area contributed by atoms with Crippen LogP contribution >= 0.6 is 0 Å². The van der Waals surface area contributed by atoms with Crippen molar-refractivity contribution in [1.29, 1.82) is 0 Å². The summed E-state index contributed by atoms with van der Waals surface area (Å²) in [6, 6.07) is 8.17. The molecule has 1 atom stereocenters. The fourth-order valence-corrected chi connectivity index (χ4v) is 3.05. The predicted molar refractivity (Wildman–Crippen MR) is 77.7 cm³/mol. The van der Waals surface area contributed by atoms with E-state index in [-0.39, 0.29) is 6.10 Å². The molecule has 4 nitrogen and oxygen atoms in total. The summed E-state index contributed by atoms with van der Waals surface area (Å²) in [5.74, 6) is 0.934. The first kappa shape index (κ1) is 11.5. The molecule has 0 saturated carbocycles. The maximum atomic E-state index is 5.99. The first-order chi connectivity index (χ1) is 9.66. The number of aryl methyl sites for hydroxylation is 2. The van der Waals surface area contributed by atoms with Gasteiger partial charge in [0, 0.05) is 29.9 Å². The summed E-state index contributed by atoms with van der Waals surface area (Å²) in [5, 5.41) is 5.64. The summed E-state index contributed by atoms with van der Waals surface area (Å²) < 4.78 is 7.83. The summed E-state index contributed by atoms with van der Waals surface area (Å²) in [6.07, 6.45) is 1.93. The third-order valence-electron chi connectivity index (χ3n) is 3.95. The van der Waals surface area contributed by atoms with Crippen LogP contribution in [0.5, 0.6) is 5.75 Å². The molecule has 0 spiro atoms. The topological polar surface area (TPSA) is 39.9 Å². The van der Waals surface area contributed by atoms with Gasteiger partial charge in [-0.2, -0.15) is 5.10 Å². The van der Waals surface area contributed by atoms with Crippen molar-refractivity contribution in [1.82, 2.24) is 14.8 Å². The number of rotatable bonds is 0. The van der Waals surface area contributed by atoms with Crippen LogP contribution in [0.2, 0.25) is 0 Å². The maximum absolute atomic E-state index is 5.99. The summed E-state index contributed by atoms with van der Waals surface area (Å²) in [5.41, 5.74) is 5.41. The van der Waals surface area contributed by atoms with Crippen LogP contribution in [0.25, 0.3) is 22.2 Å². The lowest BCUT2D eigenvalue weighted by molar-refractivity contribution is 0.223. The van der Waals surface area contributed by atoms with Crippen LogP contribution in [0.15, 0.2) is 30.5 Å². The highest BCUT2D eigenvalue weighted by Gasteiger charge is 2.27. The van der Waals surface area contributed by atoms with Crippen LogP contribution in [0.1, 0.15) is 24.3 Å². The van der Waals surface area contributed by atoms with Crippen molar-refractivity contribution in [3.8, 4) is 16.9 Å². The zero-order chi connectivity index (χ0) is 13.9. The van der Waals surface area contributed by atoms with E-state index in [1.165, 1.54) is 5.56 Å². The van der Waals surface area contributed by atoms with Gasteiger partial charge in [-0.1, -0.05) is 18.2 Å². The van der Waals surface area contributed by atoms with Crippen LogP contribution in [-0.4, -0.2) is 14.8 Å². The molecule has 2 aromatic heterocycles. The molecule has 0 N–H and O–H groups in total. The van der Waals surface area contributed by atoms with Crippen molar-refractivity contribution in [3.05, 3.63) is 41.7 Å². The Morgan fingerprint density at radius 3 is 2.90 bits per heavy atom. The summed E-state index contributed by atoms with van der Waals surface area (Å²) >= 11 is 0. The average Bonchev–Trinajstić information content (AvgIpc) is 2.74. The van der Waals surface area contributed by atoms with Gasteiger partial charge in [-0.25, -0.2) is 4.98 Å². The smallest absolute Gasteiger partial charge is 0.158 e. The molecule has 0 aliphatic carbocycles. The van der Waals surface area contributed by atoms with E-state index in [2.05, 4.69) is 23.1 Å². The summed E-state index contributed by atoms with van der Waals surface area (Å²) in [4.78, 5) is 4.56. The Hall–Kier alpha value is -2.36. The quantitative estimate of drug-likeness (QED) is 0.625. The van der Waals surface area contributed by atoms with Gasteiger partial charge < -0.3 is 4.74 Å². The average molecular weight is 265 g/mol. The molecule has 1 aliphatic rings. The van der Waals surface area contributed by atoms with Crippen LogP contribution in [-0.2, 0) is 7.05 Å². The highest BCUT2D eigenvalue weighted by Crippen LogP contribution is 2.45. The number of hydrogen-bond donors (Lipinski definition) is 0. The number of ether oxygens (including phenoxy) is 1. The number of aromatic nitrogens is 3. The number of hydrogen-bond acceptors (Lipinski definition) is 3. The second-order valence-corrected chi connectivity index (χ2v) is 5.25. The Kier molecular flexibility index (Phi) is 2.19. The van der Waals surface area contributed by atoms with E-state index in [0.29, 0.717) is 0 Å². The van der Waals surface area contributed by atoms with Crippen LogP contribution in [0.4, 0.5) is 0 Å². The molecular formula is C16H15N3O. The molecule has 1 aromatic carbocycles. The molecule has 20 heavy (non-hydrogen) atoms.